The predicted molar refractivity (Wildman–Crippen MR) is 111 cm³/mol. The van der Waals surface area contributed by atoms with Gasteiger partial charge in [-0.1, -0.05) is 6.07 Å². The molecule has 31 heavy (non-hydrogen) atoms. The molecule has 162 valence electrons. The summed E-state index contributed by atoms with van der Waals surface area (Å²) in [6.07, 6.45) is 0. The molecule has 0 unspecified atom stereocenters. The van der Waals surface area contributed by atoms with Crippen molar-refractivity contribution in [1.82, 2.24) is 0 Å². The van der Waals surface area contributed by atoms with Gasteiger partial charge in [0.25, 0.3) is 15.9 Å². The highest BCUT2D eigenvalue weighted by Gasteiger charge is 2.15. The van der Waals surface area contributed by atoms with Gasteiger partial charge in [-0.3, -0.25) is 9.52 Å². The summed E-state index contributed by atoms with van der Waals surface area (Å²) in [4.78, 5) is 11.9. The number of anilines is 2. The highest BCUT2D eigenvalue weighted by Crippen LogP contribution is 2.22. The number of amides is 1. The van der Waals surface area contributed by atoms with Crippen molar-refractivity contribution in [3.8, 4) is 11.5 Å². The van der Waals surface area contributed by atoms with Gasteiger partial charge in [-0.2, -0.15) is 0 Å². The van der Waals surface area contributed by atoms with Crippen molar-refractivity contribution in [3.05, 3.63) is 78.4 Å². The first kappa shape index (κ1) is 22.0. The molecule has 0 bridgehead atoms. The number of methoxy groups -OCH3 is 1. The average molecular weight is 448 g/mol. The summed E-state index contributed by atoms with van der Waals surface area (Å²) in [5.74, 6) is -1.60. The molecule has 10 heteroatoms. The molecule has 3 aromatic carbocycles. The molecule has 2 N–H and O–H groups in total. The van der Waals surface area contributed by atoms with E-state index in [4.69, 9.17) is 9.47 Å². The van der Waals surface area contributed by atoms with Crippen molar-refractivity contribution in [3.63, 3.8) is 0 Å². The Morgan fingerprint density at radius 3 is 2.39 bits per heavy atom. The molecule has 0 atom stereocenters. The molecule has 0 spiro atoms. The molecule has 7 nitrogen and oxygen atoms in total. The Balaban J connectivity index is 1.59. The molecule has 3 aromatic rings. The summed E-state index contributed by atoms with van der Waals surface area (Å²) >= 11 is 0. The first-order chi connectivity index (χ1) is 14.8. The van der Waals surface area contributed by atoms with Gasteiger partial charge < -0.3 is 14.8 Å². The Kier molecular flexibility index (Phi) is 6.71. The number of sulfonamides is 1. The van der Waals surface area contributed by atoms with Crippen LogP contribution in [0.5, 0.6) is 11.5 Å². The SMILES string of the molecule is COc1cccc(NS(=O)(=O)c2ccc(OCC(=O)Nc3ccc(F)cc3F)cc2)c1. The van der Waals surface area contributed by atoms with E-state index < -0.39 is 34.2 Å². The van der Waals surface area contributed by atoms with Crippen LogP contribution >= 0.6 is 0 Å². The molecular weight excluding hydrogens is 430 g/mol. The van der Waals surface area contributed by atoms with E-state index >= 15 is 0 Å². The van der Waals surface area contributed by atoms with Crippen LogP contribution in [0.3, 0.4) is 0 Å². The Hall–Kier alpha value is -3.66. The van der Waals surface area contributed by atoms with E-state index in [1.807, 2.05) is 0 Å². The molecule has 0 aliphatic heterocycles. The van der Waals surface area contributed by atoms with Crippen LogP contribution in [0.25, 0.3) is 0 Å². The van der Waals surface area contributed by atoms with Gasteiger partial charge in [0.2, 0.25) is 0 Å². The second kappa shape index (κ2) is 9.43. The van der Waals surface area contributed by atoms with Crippen LogP contribution in [0.1, 0.15) is 0 Å². The number of hydrogen-bond acceptors (Lipinski definition) is 5. The topological polar surface area (TPSA) is 93.7 Å². The summed E-state index contributed by atoms with van der Waals surface area (Å²) in [5.41, 5.74) is 0.157. The standard InChI is InChI=1S/C21H18F2N2O5S/c1-29-17-4-2-3-15(12-17)25-31(27,28)18-8-6-16(7-9-18)30-13-21(26)24-20-10-5-14(22)11-19(20)23/h2-12,25H,13H2,1H3,(H,24,26). The van der Waals surface area contributed by atoms with Crippen LogP contribution in [0.15, 0.2) is 71.6 Å². The van der Waals surface area contributed by atoms with E-state index in [0.717, 1.165) is 12.1 Å². The lowest BCUT2D eigenvalue weighted by Gasteiger charge is -2.11. The maximum Gasteiger partial charge on any atom is 0.262 e. The summed E-state index contributed by atoms with van der Waals surface area (Å²) in [6, 6.07) is 14.6. The third-order valence-electron chi connectivity index (χ3n) is 4.03. The second-order valence-corrected chi connectivity index (χ2v) is 7.95. The number of halogens is 2. The Bertz CT molecular complexity index is 1180. The fourth-order valence-electron chi connectivity index (χ4n) is 2.54. The van der Waals surface area contributed by atoms with Crippen LogP contribution in [-0.2, 0) is 14.8 Å². The molecule has 0 aliphatic rings. The number of benzene rings is 3. The summed E-state index contributed by atoms with van der Waals surface area (Å²) in [7, 11) is -2.37. The monoisotopic (exact) mass is 448 g/mol. The fraction of sp³-hybridized carbons (Fsp3) is 0.0952. The minimum Gasteiger partial charge on any atom is -0.497 e. The quantitative estimate of drug-likeness (QED) is 0.547. The van der Waals surface area contributed by atoms with Crippen molar-refractivity contribution in [1.29, 1.82) is 0 Å². The molecule has 0 saturated carbocycles. The predicted octanol–water partition coefficient (Wildman–Crippen LogP) is 3.79. The summed E-state index contributed by atoms with van der Waals surface area (Å²) in [6.45, 7) is -0.453. The fourth-order valence-corrected chi connectivity index (χ4v) is 3.59. The molecule has 0 radical (unpaired) electrons. The van der Waals surface area contributed by atoms with Crippen LogP contribution in [0.4, 0.5) is 20.2 Å². The Labute approximate surface area is 177 Å². The van der Waals surface area contributed by atoms with Crippen molar-refractivity contribution in [2.45, 2.75) is 4.90 Å². The zero-order chi connectivity index (χ0) is 22.4. The van der Waals surface area contributed by atoms with Crippen LogP contribution in [0.2, 0.25) is 0 Å². The summed E-state index contributed by atoms with van der Waals surface area (Å²) < 4.78 is 64.3. The molecule has 0 fully saturated rings. The Morgan fingerprint density at radius 2 is 1.71 bits per heavy atom. The third kappa shape index (κ3) is 5.92. The van der Waals surface area contributed by atoms with Crippen molar-refractivity contribution >= 4 is 27.3 Å². The lowest BCUT2D eigenvalue weighted by Crippen LogP contribution is -2.21. The second-order valence-electron chi connectivity index (χ2n) is 6.27. The molecular formula is C21H18F2N2O5S. The number of carbonyl (C=O) groups excluding carboxylic acids is 1. The lowest BCUT2D eigenvalue weighted by atomic mass is 10.3. The zero-order valence-corrected chi connectivity index (χ0v) is 17.1. The molecule has 0 saturated heterocycles. The minimum absolute atomic E-state index is 0.0134. The molecule has 0 aliphatic carbocycles. The number of nitrogens with one attached hydrogen (secondary N) is 2. The van der Waals surface area contributed by atoms with E-state index in [-0.39, 0.29) is 16.3 Å². The maximum absolute atomic E-state index is 13.6. The smallest absolute Gasteiger partial charge is 0.262 e. The van der Waals surface area contributed by atoms with Crippen molar-refractivity contribution in [2.75, 3.05) is 23.8 Å². The van der Waals surface area contributed by atoms with Crippen LogP contribution in [0, 0.1) is 11.6 Å². The normalized spacial score (nSPS) is 10.9. The third-order valence-corrected chi connectivity index (χ3v) is 5.43. The lowest BCUT2D eigenvalue weighted by molar-refractivity contribution is -0.118. The highest BCUT2D eigenvalue weighted by molar-refractivity contribution is 7.92. The van der Waals surface area contributed by atoms with Gasteiger partial charge in [0.15, 0.2) is 6.61 Å². The van der Waals surface area contributed by atoms with Crippen molar-refractivity contribution < 1.29 is 31.5 Å². The van der Waals surface area contributed by atoms with E-state index in [2.05, 4.69) is 10.0 Å². The maximum atomic E-state index is 13.6. The van der Waals surface area contributed by atoms with Gasteiger partial charge in [-0.05, 0) is 48.5 Å². The largest absolute Gasteiger partial charge is 0.497 e. The van der Waals surface area contributed by atoms with Gasteiger partial charge in [0.05, 0.1) is 23.4 Å². The van der Waals surface area contributed by atoms with E-state index in [0.29, 0.717) is 17.5 Å². The van der Waals surface area contributed by atoms with E-state index in [9.17, 15) is 22.0 Å². The van der Waals surface area contributed by atoms with Gasteiger partial charge >= 0.3 is 0 Å². The Morgan fingerprint density at radius 1 is 0.968 bits per heavy atom. The molecule has 0 heterocycles. The van der Waals surface area contributed by atoms with Crippen molar-refractivity contribution in [2.24, 2.45) is 0 Å². The molecule has 1 amide bonds. The first-order valence-corrected chi connectivity index (χ1v) is 10.4. The van der Waals surface area contributed by atoms with Crippen LogP contribution in [-0.4, -0.2) is 28.0 Å². The van der Waals surface area contributed by atoms with Crippen LogP contribution < -0.4 is 19.5 Å². The van der Waals surface area contributed by atoms with E-state index in [1.165, 1.54) is 37.4 Å². The zero-order valence-electron chi connectivity index (χ0n) is 16.3. The number of hydrogen-bond donors (Lipinski definition) is 2. The minimum atomic E-state index is -3.85. The highest BCUT2D eigenvalue weighted by atomic mass is 32.2. The first-order valence-electron chi connectivity index (χ1n) is 8.91. The van der Waals surface area contributed by atoms with Gasteiger partial charge in [-0.15, -0.1) is 0 Å². The molecule has 3 rings (SSSR count). The van der Waals surface area contributed by atoms with Gasteiger partial charge in [0, 0.05) is 12.1 Å². The summed E-state index contributed by atoms with van der Waals surface area (Å²) in [5, 5.41) is 2.26. The number of rotatable bonds is 8. The van der Waals surface area contributed by atoms with Gasteiger partial charge in [0.1, 0.15) is 23.1 Å². The number of ether oxygens (including phenoxy) is 2. The van der Waals surface area contributed by atoms with Gasteiger partial charge in [-0.25, -0.2) is 17.2 Å². The molecule has 0 aromatic heterocycles. The van der Waals surface area contributed by atoms with E-state index in [1.54, 1.807) is 18.2 Å². The average Bonchev–Trinajstić information content (AvgIpc) is 2.74. The number of carbonyl (C=O) groups is 1.